The summed E-state index contributed by atoms with van der Waals surface area (Å²) < 4.78 is 0. The third-order valence-corrected chi connectivity index (χ3v) is 3.05. The average Bonchev–Trinajstić information content (AvgIpc) is 2.77. The van der Waals surface area contributed by atoms with E-state index in [1.807, 2.05) is 0 Å². The van der Waals surface area contributed by atoms with Crippen LogP contribution in [0.5, 0.6) is 0 Å². The molecule has 0 saturated heterocycles. The molecule has 0 radical (unpaired) electrons. The van der Waals surface area contributed by atoms with Crippen LogP contribution in [-0.2, 0) is 4.79 Å². The molecule has 6 nitrogen and oxygen atoms in total. The fourth-order valence-corrected chi connectivity index (χ4v) is 2.25. The van der Waals surface area contributed by atoms with Crippen LogP contribution in [0.4, 0.5) is 4.79 Å². The highest BCUT2D eigenvalue weighted by atomic mass is 16.4. The second kappa shape index (κ2) is 6.44. The van der Waals surface area contributed by atoms with Crippen molar-refractivity contribution in [3.8, 4) is 0 Å². The predicted molar refractivity (Wildman–Crippen MR) is 61.7 cm³/mol. The van der Waals surface area contributed by atoms with Gasteiger partial charge in [0.2, 0.25) is 0 Å². The Bertz CT molecular complexity index is 277. The number of rotatable bonds is 5. The molecule has 1 saturated carbocycles. The molecule has 0 aromatic rings. The van der Waals surface area contributed by atoms with E-state index in [1.54, 1.807) is 4.90 Å². The number of aliphatic carboxylic acids is 1. The van der Waals surface area contributed by atoms with Gasteiger partial charge in [-0.15, -0.1) is 0 Å². The zero-order chi connectivity index (χ0) is 12.8. The van der Waals surface area contributed by atoms with Crippen LogP contribution in [0.25, 0.3) is 0 Å². The fraction of sp³-hybridized carbons (Fsp3) is 0.818. The summed E-state index contributed by atoms with van der Waals surface area (Å²) in [7, 11) is 1.47. The molecule has 0 atom stereocenters. The number of hydrogen-bond acceptors (Lipinski definition) is 3. The van der Waals surface area contributed by atoms with E-state index in [2.05, 4.69) is 0 Å². The largest absolute Gasteiger partial charge is 0.480 e. The van der Waals surface area contributed by atoms with Gasteiger partial charge in [-0.05, 0) is 12.8 Å². The minimum Gasteiger partial charge on any atom is -0.480 e. The van der Waals surface area contributed by atoms with Crippen LogP contribution in [0.1, 0.15) is 25.7 Å². The summed E-state index contributed by atoms with van der Waals surface area (Å²) in [5.74, 6) is -1.03. The van der Waals surface area contributed by atoms with Crippen LogP contribution in [-0.4, -0.2) is 64.8 Å². The quantitative estimate of drug-likeness (QED) is 0.731. The van der Waals surface area contributed by atoms with Gasteiger partial charge in [-0.3, -0.25) is 4.79 Å². The highest BCUT2D eigenvalue weighted by molar-refractivity contribution is 5.80. The lowest BCUT2D eigenvalue weighted by molar-refractivity contribution is -0.137. The normalized spacial score (nSPS) is 15.9. The van der Waals surface area contributed by atoms with Gasteiger partial charge in [-0.2, -0.15) is 0 Å². The molecule has 1 aliphatic rings. The Balaban J connectivity index is 2.61. The van der Waals surface area contributed by atoms with Gasteiger partial charge in [0.25, 0.3) is 0 Å². The molecule has 0 aliphatic heterocycles. The van der Waals surface area contributed by atoms with E-state index in [-0.39, 0.29) is 31.8 Å². The SMILES string of the molecule is CN(CC(=O)O)C(=O)N(CCO)C1CCCC1. The number of carboxylic acid groups (broad SMARTS) is 1. The number of likely N-dealkylation sites (N-methyl/N-ethyl adjacent to an activating group) is 1. The van der Waals surface area contributed by atoms with Gasteiger partial charge in [0, 0.05) is 19.6 Å². The van der Waals surface area contributed by atoms with Crippen LogP contribution in [0.2, 0.25) is 0 Å². The zero-order valence-electron chi connectivity index (χ0n) is 10.1. The van der Waals surface area contributed by atoms with Crippen molar-refractivity contribution in [2.75, 3.05) is 26.7 Å². The molecule has 17 heavy (non-hydrogen) atoms. The van der Waals surface area contributed by atoms with Gasteiger partial charge in [0.15, 0.2) is 0 Å². The molecular weight excluding hydrogens is 224 g/mol. The highest BCUT2D eigenvalue weighted by Crippen LogP contribution is 2.24. The summed E-state index contributed by atoms with van der Waals surface area (Å²) in [6, 6.07) is -0.167. The van der Waals surface area contributed by atoms with Gasteiger partial charge in [-0.25, -0.2) is 4.79 Å². The van der Waals surface area contributed by atoms with Crippen LogP contribution < -0.4 is 0 Å². The van der Waals surface area contributed by atoms with Gasteiger partial charge in [0.05, 0.1) is 6.61 Å². The topological polar surface area (TPSA) is 81.1 Å². The standard InChI is InChI=1S/C11H20N2O4/c1-12(8-10(15)16)11(17)13(6-7-14)9-4-2-3-5-9/h9,14H,2-8H2,1H3,(H,15,16). The lowest BCUT2D eigenvalue weighted by Crippen LogP contribution is -2.48. The maximum absolute atomic E-state index is 12.0. The van der Waals surface area contributed by atoms with Gasteiger partial charge in [0.1, 0.15) is 6.54 Å². The molecule has 6 heteroatoms. The van der Waals surface area contributed by atoms with E-state index in [9.17, 15) is 9.59 Å². The molecule has 2 amide bonds. The van der Waals surface area contributed by atoms with Crippen LogP contribution in [0.15, 0.2) is 0 Å². The third-order valence-electron chi connectivity index (χ3n) is 3.05. The summed E-state index contributed by atoms with van der Waals surface area (Å²) in [4.78, 5) is 25.4. The molecule has 0 heterocycles. The second-order valence-corrected chi connectivity index (χ2v) is 4.39. The van der Waals surface area contributed by atoms with E-state index in [4.69, 9.17) is 10.2 Å². The Morgan fingerprint density at radius 1 is 1.29 bits per heavy atom. The molecule has 98 valence electrons. The molecular formula is C11H20N2O4. The maximum Gasteiger partial charge on any atom is 0.323 e. The summed E-state index contributed by atoms with van der Waals surface area (Å²) in [6.07, 6.45) is 4.05. The van der Waals surface area contributed by atoms with Gasteiger partial charge >= 0.3 is 12.0 Å². The number of urea groups is 1. The molecule has 0 aromatic heterocycles. The van der Waals surface area contributed by atoms with Crippen molar-refractivity contribution >= 4 is 12.0 Å². The van der Waals surface area contributed by atoms with Crippen molar-refractivity contribution in [1.82, 2.24) is 9.80 Å². The lowest BCUT2D eigenvalue weighted by Gasteiger charge is -2.31. The second-order valence-electron chi connectivity index (χ2n) is 4.39. The first-order valence-electron chi connectivity index (χ1n) is 5.90. The van der Waals surface area contributed by atoms with Crippen LogP contribution in [0.3, 0.4) is 0 Å². The highest BCUT2D eigenvalue weighted by Gasteiger charge is 2.28. The summed E-state index contributed by atoms with van der Waals surface area (Å²) >= 11 is 0. The molecule has 0 aromatic carbocycles. The average molecular weight is 244 g/mol. The smallest absolute Gasteiger partial charge is 0.323 e. The van der Waals surface area contributed by atoms with Gasteiger partial charge in [-0.1, -0.05) is 12.8 Å². The lowest BCUT2D eigenvalue weighted by atomic mass is 10.2. The Hall–Kier alpha value is -1.30. The van der Waals surface area contributed by atoms with E-state index >= 15 is 0 Å². The fourth-order valence-electron chi connectivity index (χ4n) is 2.25. The Morgan fingerprint density at radius 3 is 2.35 bits per heavy atom. The molecule has 0 spiro atoms. The predicted octanol–water partition coefficient (Wildman–Crippen LogP) is 0.360. The third kappa shape index (κ3) is 3.89. The number of aliphatic hydroxyl groups is 1. The Morgan fingerprint density at radius 2 is 1.88 bits per heavy atom. The Labute approximate surface area is 101 Å². The van der Waals surface area contributed by atoms with Crippen molar-refractivity contribution in [2.45, 2.75) is 31.7 Å². The number of carbonyl (C=O) groups excluding carboxylic acids is 1. The number of carbonyl (C=O) groups is 2. The number of aliphatic hydroxyl groups excluding tert-OH is 1. The van der Waals surface area contributed by atoms with Crippen molar-refractivity contribution in [3.63, 3.8) is 0 Å². The first-order chi connectivity index (χ1) is 8.06. The van der Waals surface area contributed by atoms with Crippen LogP contribution in [0, 0.1) is 0 Å². The van der Waals surface area contributed by atoms with E-state index < -0.39 is 5.97 Å². The van der Waals surface area contributed by atoms with Gasteiger partial charge < -0.3 is 20.0 Å². The van der Waals surface area contributed by atoms with Crippen LogP contribution >= 0.6 is 0 Å². The number of nitrogens with zero attached hydrogens (tertiary/aromatic N) is 2. The first-order valence-corrected chi connectivity index (χ1v) is 5.90. The molecule has 0 bridgehead atoms. The molecule has 1 rings (SSSR count). The van der Waals surface area contributed by atoms with Crippen molar-refractivity contribution in [3.05, 3.63) is 0 Å². The summed E-state index contributed by atoms with van der Waals surface area (Å²) in [5, 5.41) is 17.6. The minimum atomic E-state index is -1.03. The summed E-state index contributed by atoms with van der Waals surface area (Å²) in [5.41, 5.74) is 0. The molecule has 1 aliphatic carbocycles. The first kappa shape index (κ1) is 13.8. The van der Waals surface area contributed by atoms with E-state index in [0.717, 1.165) is 25.7 Å². The molecule has 0 unspecified atom stereocenters. The maximum atomic E-state index is 12.0. The number of amides is 2. The van der Waals surface area contributed by atoms with E-state index in [0.29, 0.717) is 0 Å². The van der Waals surface area contributed by atoms with Crippen molar-refractivity contribution in [1.29, 1.82) is 0 Å². The molecule has 1 fully saturated rings. The number of hydrogen-bond donors (Lipinski definition) is 2. The zero-order valence-corrected chi connectivity index (χ0v) is 10.1. The Kier molecular flexibility index (Phi) is 5.21. The van der Waals surface area contributed by atoms with Crippen molar-refractivity contribution in [2.24, 2.45) is 0 Å². The summed E-state index contributed by atoms with van der Waals surface area (Å²) in [6.45, 7) is -0.135. The van der Waals surface area contributed by atoms with Crippen molar-refractivity contribution < 1.29 is 19.8 Å². The van der Waals surface area contributed by atoms with E-state index in [1.165, 1.54) is 11.9 Å². The number of carboxylic acids is 1. The molecule has 2 N–H and O–H groups in total. The minimum absolute atomic E-state index is 0.0941. The monoisotopic (exact) mass is 244 g/mol.